The SMILES string of the molecule is COC(C(=O)O)C1(C2COCCN2C(=O)OC(C)(C)C)CC1. The highest BCUT2D eigenvalue weighted by molar-refractivity contribution is 5.75. The molecule has 1 saturated heterocycles. The fourth-order valence-electron chi connectivity index (χ4n) is 3.11. The number of amides is 1. The zero-order chi connectivity index (χ0) is 16.5. The van der Waals surface area contributed by atoms with Crippen molar-refractivity contribution in [1.82, 2.24) is 4.90 Å². The van der Waals surface area contributed by atoms with Gasteiger partial charge in [-0.25, -0.2) is 9.59 Å². The molecule has 1 aliphatic carbocycles. The number of hydrogen-bond donors (Lipinski definition) is 1. The van der Waals surface area contributed by atoms with Crippen molar-refractivity contribution in [1.29, 1.82) is 0 Å². The third kappa shape index (κ3) is 3.35. The van der Waals surface area contributed by atoms with Crippen molar-refractivity contribution in [2.45, 2.75) is 51.4 Å². The van der Waals surface area contributed by atoms with Crippen molar-refractivity contribution in [3.63, 3.8) is 0 Å². The van der Waals surface area contributed by atoms with E-state index < -0.39 is 29.2 Å². The Morgan fingerprint density at radius 1 is 1.36 bits per heavy atom. The molecule has 2 rings (SSSR count). The summed E-state index contributed by atoms with van der Waals surface area (Å²) >= 11 is 0. The maximum Gasteiger partial charge on any atom is 0.410 e. The number of carbonyl (C=O) groups excluding carboxylic acids is 1. The molecule has 2 aliphatic rings. The Morgan fingerprint density at radius 2 is 2.00 bits per heavy atom. The van der Waals surface area contributed by atoms with Gasteiger partial charge in [0.05, 0.1) is 19.3 Å². The van der Waals surface area contributed by atoms with Gasteiger partial charge in [0.1, 0.15) is 5.60 Å². The van der Waals surface area contributed by atoms with E-state index in [2.05, 4.69) is 0 Å². The van der Waals surface area contributed by atoms with Crippen LogP contribution in [0, 0.1) is 5.41 Å². The van der Waals surface area contributed by atoms with E-state index in [0.717, 1.165) is 0 Å². The number of nitrogens with zero attached hydrogens (tertiary/aromatic N) is 1. The summed E-state index contributed by atoms with van der Waals surface area (Å²) in [5.74, 6) is -1.00. The van der Waals surface area contributed by atoms with Crippen LogP contribution in [0.5, 0.6) is 0 Å². The average molecular weight is 315 g/mol. The molecule has 1 amide bonds. The lowest BCUT2D eigenvalue weighted by Crippen LogP contribution is -2.57. The summed E-state index contributed by atoms with van der Waals surface area (Å²) in [6.45, 7) is 6.56. The molecule has 7 nitrogen and oxygen atoms in total. The summed E-state index contributed by atoms with van der Waals surface area (Å²) in [5, 5.41) is 9.39. The predicted molar refractivity (Wildman–Crippen MR) is 77.6 cm³/mol. The molecule has 126 valence electrons. The average Bonchev–Trinajstić information content (AvgIpc) is 3.18. The van der Waals surface area contributed by atoms with Gasteiger partial charge in [0.2, 0.25) is 0 Å². The van der Waals surface area contributed by atoms with E-state index in [9.17, 15) is 14.7 Å². The Labute approximate surface area is 130 Å². The highest BCUT2D eigenvalue weighted by Crippen LogP contribution is 2.55. The first-order chi connectivity index (χ1) is 10.2. The number of ether oxygens (including phenoxy) is 3. The number of hydrogen-bond acceptors (Lipinski definition) is 5. The molecule has 2 unspecified atom stereocenters. The van der Waals surface area contributed by atoms with Crippen molar-refractivity contribution in [3.8, 4) is 0 Å². The number of morpholine rings is 1. The van der Waals surface area contributed by atoms with Crippen molar-refractivity contribution >= 4 is 12.1 Å². The van der Waals surface area contributed by atoms with E-state index in [-0.39, 0.29) is 6.04 Å². The minimum Gasteiger partial charge on any atom is -0.479 e. The highest BCUT2D eigenvalue weighted by atomic mass is 16.6. The number of carbonyl (C=O) groups is 2. The minimum atomic E-state index is -1.00. The molecule has 0 spiro atoms. The minimum absolute atomic E-state index is 0.312. The molecule has 0 aromatic carbocycles. The molecule has 0 aromatic heterocycles. The van der Waals surface area contributed by atoms with Crippen LogP contribution in [0.3, 0.4) is 0 Å². The Kier molecular flexibility index (Phi) is 4.67. The summed E-state index contributed by atoms with van der Waals surface area (Å²) in [4.78, 5) is 25.5. The third-order valence-electron chi connectivity index (χ3n) is 4.23. The van der Waals surface area contributed by atoms with Crippen LogP contribution in [0.1, 0.15) is 33.6 Å². The first-order valence-corrected chi connectivity index (χ1v) is 7.54. The standard InChI is InChI=1S/C15H25NO6/c1-14(2,3)22-13(19)16-7-8-21-9-10(16)15(5-6-15)11(20-4)12(17)18/h10-11H,5-9H2,1-4H3,(H,17,18). The molecular formula is C15H25NO6. The molecule has 1 heterocycles. The molecule has 2 fully saturated rings. The van der Waals surface area contributed by atoms with Gasteiger partial charge in [-0.2, -0.15) is 0 Å². The lowest BCUT2D eigenvalue weighted by molar-refractivity contribution is -0.158. The second-order valence-corrected chi connectivity index (χ2v) is 6.95. The Morgan fingerprint density at radius 3 is 2.45 bits per heavy atom. The van der Waals surface area contributed by atoms with Crippen LogP contribution in [0.25, 0.3) is 0 Å². The van der Waals surface area contributed by atoms with Crippen molar-refractivity contribution in [3.05, 3.63) is 0 Å². The van der Waals surface area contributed by atoms with Gasteiger partial charge in [-0.15, -0.1) is 0 Å². The summed E-state index contributed by atoms with van der Waals surface area (Å²) in [6, 6.07) is -0.336. The molecule has 0 aromatic rings. The third-order valence-corrected chi connectivity index (χ3v) is 4.23. The summed E-state index contributed by atoms with van der Waals surface area (Å²) in [6.07, 6.45) is 0.0347. The van der Waals surface area contributed by atoms with Gasteiger partial charge in [-0.1, -0.05) is 0 Å². The van der Waals surface area contributed by atoms with Crippen LogP contribution in [0.4, 0.5) is 4.79 Å². The van der Waals surface area contributed by atoms with Crippen LogP contribution in [-0.2, 0) is 19.0 Å². The van der Waals surface area contributed by atoms with E-state index in [4.69, 9.17) is 14.2 Å². The Bertz CT molecular complexity index is 440. The first-order valence-electron chi connectivity index (χ1n) is 7.54. The van der Waals surface area contributed by atoms with Gasteiger partial charge in [-0.3, -0.25) is 4.90 Å². The smallest absolute Gasteiger partial charge is 0.410 e. The molecule has 0 bridgehead atoms. The van der Waals surface area contributed by atoms with Crippen LogP contribution < -0.4 is 0 Å². The van der Waals surface area contributed by atoms with Gasteiger partial charge in [-0.05, 0) is 33.6 Å². The maximum atomic E-state index is 12.4. The monoisotopic (exact) mass is 315 g/mol. The Balaban J connectivity index is 2.20. The van der Waals surface area contributed by atoms with Crippen molar-refractivity contribution in [2.24, 2.45) is 5.41 Å². The largest absolute Gasteiger partial charge is 0.479 e. The van der Waals surface area contributed by atoms with Crippen molar-refractivity contribution < 1.29 is 28.9 Å². The highest BCUT2D eigenvalue weighted by Gasteiger charge is 2.61. The topological polar surface area (TPSA) is 85.3 Å². The van der Waals surface area contributed by atoms with E-state index in [1.54, 1.807) is 4.90 Å². The number of aliphatic carboxylic acids is 1. The fourth-order valence-corrected chi connectivity index (χ4v) is 3.11. The van der Waals surface area contributed by atoms with Crippen LogP contribution in [-0.4, -0.2) is 66.7 Å². The van der Waals surface area contributed by atoms with Crippen LogP contribution in [0.15, 0.2) is 0 Å². The van der Waals surface area contributed by atoms with Gasteiger partial charge in [0, 0.05) is 19.1 Å². The molecule has 1 N–H and O–H groups in total. The summed E-state index contributed by atoms with van der Waals surface area (Å²) in [5.41, 5.74) is -1.18. The summed E-state index contributed by atoms with van der Waals surface area (Å²) < 4.78 is 16.1. The molecule has 2 atom stereocenters. The molecular weight excluding hydrogens is 290 g/mol. The summed E-state index contributed by atoms with van der Waals surface area (Å²) in [7, 11) is 1.39. The van der Waals surface area contributed by atoms with Gasteiger partial charge >= 0.3 is 12.1 Å². The van der Waals surface area contributed by atoms with Gasteiger partial charge in [0.15, 0.2) is 6.10 Å². The number of carboxylic acids is 1. The van der Waals surface area contributed by atoms with E-state index in [1.165, 1.54) is 7.11 Å². The molecule has 7 heteroatoms. The van der Waals surface area contributed by atoms with E-state index in [1.807, 2.05) is 20.8 Å². The number of methoxy groups -OCH3 is 1. The molecule has 22 heavy (non-hydrogen) atoms. The quantitative estimate of drug-likeness (QED) is 0.846. The lowest BCUT2D eigenvalue weighted by atomic mass is 9.88. The second-order valence-electron chi connectivity index (χ2n) is 6.95. The maximum absolute atomic E-state index is 12.4. The van der Waals surface area contributed by atoms with Crippen LogP contribution in [0.2, 0.25) is 0 Å². The first kappa shape index (κ1) is 17.0. The normalized spacial score (nSPS) is 25.5. The molecule has 0 radical (unpaired) electrons. The lowest BCUT2D eigenvalue weighted by Gasteiger charge is -2.42. The van der Waals surface area contributed by atoms with Gasteiger partial charge < -0.3 is 19.3 Å². The van der Waals surface area contributed by atoms with E-state index in [0.29, 0.717) is 32.6 Å². The van der Waals surface area contributed by atoms with Gasteiger partial charge in [0.25, 0.3) is 0 Å². The van der Waals surface area contributed by atoms with Crippen LogP contribution >= 0.6 is 0 Å². The number of rotatable bonds is 4. The van der Waals surface area contributed by atoms with Crippen molar-refractivity contribution in [2.75, 3.05) is 26.9 Å². The molecule has 1 saturated carbocycles. The Hall–Kier alpha value is -1.34. The van der Waals surface area contributed by atoms with E-state index >= 15 is 0 Å². The zero-order valence-corrected chi connectivity index (χ0v) is 13.6. The fraction of sp³-hybridized carbons (Fsp3) is 0.867. The number of carboxylic acid groups (broad SMARTS) is 1. The predicted octanol–water partition coefficient (Wildman–Crippen LogP) is 1.50. The zero-order valence-electron chi connectivity index (χ0n) is 13.6. The molecule has 1 aliphatic heterocycles. The second kappa shape index (κ2) is 6.04.